The normalized spacial score (nSPS) is 20.5. The zero-order chi connectivity index (χ0) is 12.7. The second-order valence-corrected chi connectivity index (χ2v) is 5.09. The summed E-state index contributed by atoms with van der Waals surface area (Å²) in [4.78, 5) is 11.8. The van der Waals surface area contributed by atoms with Crippen LogP contribution in [0.15, 0.2) is 0 Å². The minimum atomic E-state index is -0.412. The van der Waals surface area contributed by atoms with Crippen LogP contribution in [-0.4, -0.2) is 36.2 Å². The van der Waals surface area contributed by atoms with E-state index in [0.29, 0.717) is 12.3 Å². The number of aliphatic hydroxyl groups excluding tert-OH is 1. The van der Waals surface area contributed by atoms with Gasteiger partial charge in [0.05, 0.1) is 12.1 Å². The first-order valence-electron chi connectivity index (χ1n) is 6.78. The third kappa shape index (κ3) is 4.28. The van der Waals surface area contributed by atoms with Crippen LogP contribution in [0.3, 0.4) is 0 Å². The highest BCUT2D eigenvalue weighted by Gasteiger charge is 2.27. The first kappa shape index (κ1) is 14.5. The van der Waals surface area contributed by atoms with E-state index in [9.17, 15) is 9.90 Å². The largest absolute Gasteiger partial charge is 0.394 e. The highest BCUT2D eigenvalue weighted by molar-refractivity contribution is 5.76. The fourth-order valence-corrected chi connectivity index (χ4v) is 2.34. The predicted octanol–water partition coefficient (Wildman–Crippen LogP) is 1.04. The molecule has 0 aromatic rings. The summed E-state index contributed by atoms with van der Waals surface area (Å²) in [6.45, 7) is 6.15. The molecular formula is C13H26N2O2. The van der Waals surface area contributed by atoms with Gasteiger partial charge in [0.25, 0.3) is 0 Å². The number of aliphatic hydroxyl groups is 1. The molecule has 4 heteroatoms. The van der Waals surface area contributed by atoms with Crippen molar-refractivity contribution < 1.29 is 9.90 Å². The monoisotopic (exact) mass is 242 g/mol. The summed E-state index contributed by atoms with van der Waals surface area (Å²) in [6, 6.07) is 0. The van der Waals surface area contributed by atoms with Gasteiger partial charge in [-0.1, -0.05) is 13.8 Å². The summed E-state index contributed by atoms with van der Waals surface area (Å²) in [5.41, 5.74) is -0.412. The maximum Gasteiger partial charge on any atom is 0.220 e. The predicted molar refractivity (Wildman–Crippen MR) is 68.8 cm³/mol. The Balaban J connectivity index is 2.31. The maximum atomic E-state index is 11.8. The van der Waals surface area contributed by atoms with Crippen LogP contribution in [0.25, 0.3) is 0 Å². The van der Waals surface area contributed by atoms with Crippen molar-refractivity contribution in [3.63, 3.8) is 0 Å². The lowest BCUT2D eigenvalue weighted by atomic mass is 9.93. The molecule has 1 heterocycles. The highest BCUT2D eigenvalue weighted by Crippen LogP contribution is 2.17. The standard InChI is InChI=1S/C13H26N2O2/c1-3-13(4-2,10-16)15-12(17)6-5-11-7-8-14-9-11/h11,14,16H,3-10H2,1-2H3,(H,15,17). The molecule has 0 bridgehead atoms. The molecule has 0 radical (unpaired) electrons. The number of hydrogen-bond donors (Lipinski definition) is 3. The number of carbonyl (C=O) groups excluding carboxylic acids is 1. The molecule has 0 saturated carbocycles. The smallest absolute Gasteiger partial charge is 0.220 e. The van der Waals surface area contributed by atoms with Gasteiger partial charge in [0.2, 0.25) is 5.91 Å². The zero-order valence-corrected chi connectivity index (χ0v) is 11.1. The molecule has 1 fully saturated rings. The highest BCUT2D eigenvalue weighted by atomic mass is 16.3. The summed E-state index contributed by atoms with van der Waals surface area (Å²) in [6.07, 6.45) is 4.26. The molecule has 100 valence electrons. The molecule has 1 aliphatic heterocycles. The Kier molecular flexibility index (Phi) is 5.92. The second-order valence-electron chi connectivity index (χ2n) is 5.09. The molecule has 1 atom stereocenters. The Labute approximate surface area is 104 Å². The molecule has 3 N–H and O–H groups in total. The van der Waals surface area contributed by atoms with Crippen molar-refractivity contribution in [2.24, 2.45) is 5.92 Å². The number of hydrogen-bond acceptors (Lipinski definition) is 3. The summed E-state index contributed by atoms with van der Waals surface area (Å²) in [5.74, 6) is 0.724. The Morgan fingerprint density at radius 2 is 2.18 bits per heavy atom. The number of rotatable bonds is 7. The van der Waals surface area contributed by atoms with Crippen LogP contribution in [0.1, 0.15) is 46.0 Å². The van der Waals surface area contributed by atoms with Crippen molar-refractivity contribution in [3.05, 3.63) is 0 Å². The number of amides is 1. The molecule has 0 aromatic heterocycles. The lowest BCUT2D eigenvalue weighted by Gasteiger charge is -2.30. The van der Waals surface area contributed by atoms with E-state index in [1.54, 1.807) is 0 Å². The number of nitrogens with one attached hydrogen (secondary N) is 2. The van der Waals surface area contributed by atoms with Gasteiger partial charge in [-0.3, -0.25) is 4.79 Å². The minimum Gasteiger partial charge on any atom is -0.394 e. The third-order valence-electron chi connectivity index (χ3n) is 4.00. The van der Waals surface area contributed by atoms with Crippen molar-refractivity contribution in [1.29, 1.82) is 0 Å². The van der Waals surface area contributed by atoms with Crippen LogP contribution in [0.4, 0.5) is 0 Å². The first-order chi connectivity index (χ1) is 8.15. The lowest BCUT2D eigenvalue weighted by Crippen LogP contribution is -2.50. The molecule has 17 heavy (non-hydrogen) atoms. The summed E-state index contributed by atoms with van der Waals surface area (Å²) >= 11 is 0. The van der Waals surface area contributed by atoms with Crippen molar-refractivity contribution in [1.82, 2.24) is 10.6 Å². The van der Waals surface area contributed by atoms with Crippen LogP contribution in [0.2, 0.25) is 0 Å². The molecule has 0 aromatic carbocycles. The maximum absolute atomic E-state index is 11.8. The molecule has 1 amide bonds. The van der Waals surface area contributed by atoms with Crippen LogP contribution in [0.5, 0.6) is 0 Å². The Bertz CT molecular complexity index is 225. The number of carbonyl (C=O) groups is 1. The van der Waals surface area contributed by atoms with Gasteiger partial charge in [0.15, 0.2) is 0 Å². The summed E-state index contributed by atoms with van der Waals surface area (Å²) in [7, 11) is 0. The van der Waals surface area contributed by atoms with Gasteiger partial charge in [-0.2, -0.15) is 0 Å². The van der Waals surface area contributed by atoms with E-state index in [0.717, 1.165) is 32.4 Å². The van der Waals surface area contributed by atoms with Gasteiger partial charge < -0.3 is 15.7 Å². The average molecular weight is 242 g/mol. The van der Waals surface area contributed by atoms with E-state index >= 15 is 0 Å². The SMILES string of the molecule is CCC(CC)(CO)NC(=O)CCC1CCNC1. The fraction of sp³-hybridized carbons (Fsp3) is 0.923. The van der Waals surface area contributed by atoms with Gasteiger partial charge >= 0.3 is 0 Å². The van der Waals surface area contributed by atoms with E-state index in [1.807, 2.05) is 13.8 Å². The van der Waals surface area contributed by atoms with Crippen LogP contribution in [-0.2, 0) is 4.79 Å². The summed E-state index contributed by atoms with van der Waals surface area (Å²) < 4.78 is 0. The third-order valence-corrected chi connectivity index (χ3v) is 4.00. The van der Waals surface area contributed by atoms with Gasteiger partial charge in [-0.05, 0) is 44.7 Å². The molecule has 1 rings (SSSR count). The Hall–Kier alpha value is -0.610. The van der Waals surface area contributed by atoms with E-state index < -0.39 is 5.54 Å². The van der Waals surface area contributed by atoms with Crippen LogP contribution < -0.4 is 10.6 Å². The van der Waals surface area contributed by atoms with Gasteiger partial charge in [0.1, 0.15) is 0 Å². The van der Waals surface area contributed by atoms with Crippen LogP contribution >= 0.6 is 0 Å². The van der Waals surface area contributed by atoms with Crippen molar-refractivity contribution in [2.45, 2.75) is 51.5 Å². The quantitative estimate of drug-likeness (QED) is 0.625. The van der Waals surface area contributed by atoms with Crippen molar-refractivity contribution >= 4 is 5.91 Å². The Morgan fingerprint density at radius 3 is 2.65 bits per heavy atom. The lowest BCUT2D eigenvalue weighted by molar-refractivity contribution is -0.124. The average Bonchev–Trinajstić information content (AvgIpc) is 2.87. The second kappa shape index (κ2) is 6.97. The Morgan fingerprint density at radius 1 is 1.47 bits per heavy atom. The van der Waals surface area contributed by atoms with Crippen LogP contribution in [0, 0.1) is 5.92 Å². The molecular weight excluding hydrogens is 216 g/mol. The molecule has 0 spiro atoms. The zero-order valence-electron chi connectivity index (χ0n) is 11.1. The van der Waals surface area contributed by atoms with Gasteiger partial charge in [0, 0.05) is 6.42 Å². The molecule has 1 saturated heterocycles. The summed E-state index contributed by atoms with van der Waals surface area (Å²) in [5, 5.41) is 15.7. The molecule has 4 nitrogen and oxygen atoms in total. The minimum absolute atomic E-state index is 0.0245. The van der Waals surface area contributed by atoms with E-state index in [4.69, 9.17) is 0 Å². The van der Waals surface area contributed by atoms with Crippen molar-refractivity contribution in [3.8, 4) is 0 Å². The molecule has 1 aliphatic rings. The molecule has 1 unspecified atom stereocenters. The fourth-order valence-electron chi connectivity index (χ4n) is 2.34. The van der Waals surface area contributed by atoms with Gasteiger partial charge in [-0.25, -0.2) is 0 Å². The molecule has 0 aliphatic carbocycles. The first-order valence-corrected chi connectivity index (χ1v) is 6.78. The van der Waals surface area contributed by atoms with Gasteiger partial charge in [-0.15, -0.1) is 0 Å². The van der Waals surface area contributed by atoms with E-state index in [-0.39, 0.29) is 12.5 Å². The van der Waals surface area contributed by atoms with E-state index in [2.05, 4.69) is 10.6 Å². The topological polar surface area (TPSA) is 61.4 Å². The van der Waals surface area contributed by atoms with E-state index in [1.165, 1.54) is 6.42 Å². The van der Waals surface area contributed by atoms with Crippen molar-refractivity contribution in [2.75, 3.05) is 19.7 Å².